The van der Waals surface area contributed by atoms with Gasteiger partial charge in [0.1, 0.15) is 5.82 Å². The molecule has 2 rings (SSSR count). The molecule has 1 fully saturated rings. The van der Waals surface area contributed by atoms with E-state index < -0.39 is 10.0 Å². The number of Topliss-reactive ketones (excluding diaryl/α,β-unsaturated/α-hetero) is 1. The molecule has 6 heteroatoms. The van der Waals surface area contributed by atoms with Gasteiger partial charge in [0, 0.05) is 24.6 Å². The number of carbonyl (C=O) groups is 1. The Morgan fingerprint density at radius 2 is 1.95 bits per heavy atom. The van der Waals surface area contributed by atoms with E-state index in [9.17, 15) is 17.6 Å². The Balaban J connectivity index is 2.02. The largest absolute Gasteiger partial charge is 0.294 e. The zero-order valence-electron chi connectivity index (χ0n) is 13.0. The van der Waals surface area contributed by atoms with Gasteiger partial charge in [0.2, 0.25) is 10.0 Å². The van der Waals surface area contributed by atoms with Crippen molar-refractivity contribution < 1.29 is 17.6 Å². The molecular formula is C16H22FNO3S. The number of hydrogen-bond acceptors (Lipinski definition) is 3. The molecule has 0 atom stereocenters. The predicted molar refractivity (Wildman–Crippen MR) is 83.8 cm³/mol. The Labute approximate surface area is 131 Å². The number of carbonyl (C=O) groups excluding carboxylic acids is 1. The maximum atomic E-state index is 13.3. The van der Waals surface area contributed by atoms with Crippen molar-refractivity contribution in [3.8, 4) is 0 Å². The monoisotopic (exact) mass is 327 g/mol. The van der Waals surface area contributed by atoms with E-state index in [2.05, 4.69) is 0 Å². The normalized spacial score (nSPS) is 17.6. The fourth-order valence-electron chi connectivity index (χ4n) is 2.82. The lowest BCUT2D eigenvalue weighted by Crippen LogP contribution is -2.41. The number of halogens is 1. The first kappa shape index (κ1) is 17.1. The first-order valence-electron chi connectivity index (χ1n) is 7.63. The molecule has 0 aliphatic carbocycles. The Morgan fingerprint density at radius 1 is 1.32 bits per heavy atom. The minimum absolute atomic E-state index is 0.0179. The zero-order valence-corrected chi connectivity index (χ0v) is 13.8. The minimum Gasteiger partial charge on any atom is -0.294 e. The van der Waals surface area contributed by atoms with Crippen LogP contribution in [0.4, 0.5) is 4.39 Å². The summed E-state index contributed by atoms with van der Waals surface area (Å²) >= 11 is 0. The molecule has 1 aromatic carbocycles. The molecule has 1 aromatic rings. The molecule has 0 saturated carbocycles. The van der Waals surface area contributed by atoms with Crippen LogP contribution in [0.25, 0.3) is 0 Å². The molecule has 1 aliphatic heterocycles. The van der Waals surface area contributed by atoms with Gasteiger partial charge in [-0.05, 0) is 49.9 Å². The van der Waals surface area contributed by atoms with Crippen LogP contribution in [0.2, 0.25) is 0 Å². The summed E-state index contributed by atoms with van der Waals surface area (Å²) in [6, 6.07) is 4.38. The molecule has 0 radical (unpaired) electrons. The highest BCUT2D eigenvalue weighted by atomic mass is 32.2. The Morgan fingerprint density at radius 3 is 2.50 bits per heavy atom. The number of sulfonamides is 1. The first-order valence-corrected chi connectivity index (χ1v) is 9.24. The van der Waals surface area contributed by atoms with Gasteiger partial charge in [-0.25, -0.2) is 17.1 Å². The number of benzene rings is 1. The smallest absolute Gasteiger partial charge is 0.214 e. The lowest BCUT2D eigenvalue weighted by atomic mass is 9.89. The maximum absolute atomic E-state index is 13.3. The number of piperidine rings is 1. The van der Waals surface area contributed by atoms with Gasteiger partial charge in [-0.1, -0.05) is 6.92 Å². The average Bonchev–Trinajstić information content (AvgIpc) is 2.49. The quantitative estimate of drug-likeness (QED) is 0.782. The van der Waals surface area contributed by atoms with Crippen LogP contribution >= 0.6 is 0 Å². The molecule has 0 amide bonds. The standard InChI is InChI=1S/C16H22FNO3S/c1-3-10-22(20,21)18-8-6-13(7-9-18)16(19)14-4-5-15(17)12(2)11-14/h4-5,11,13H,3,6-10H2,1-2H3. The Bertz CT molecular complexity index is 649. The molecule has 0 unspecified atom stereocenters. The molecular weight excluding hydrogens is 305 g/mol. The van der Waals surface area contributed by atoms with Gasteiger partial charge in [-0.2, -0.15) is 0 Å². The van der Waals surface area contributed by atoms with E-state index >= 15 is 0 Å². The van der Waals surface area contributed by atoms with E-state index in [-0.39, 0.29) is 23.3 Å². The SMILES string of the molecule is CCCS(=O)(=O)N1CCC(C(=O)c2ccc(F)c(C)c2)CC1. The highest BCUT2D eigenvalue weighted by Gasteiger charge is 2.31. The van der Waals surface area contributed by atoms with Crippen LogP contribution in [-0.4, -0.2) is 37.3 Å². The summed E-state index contributed by atoms with van der Waals surface area (Å²) in [5, 5.41) is 0. The highest BCUT2D eigenvalue weighted by molar-refractivity contribution is 7.89. The molecule has 1 heterocycles. The van der Waals surface area contributed by atoms with Gasteiger partial charge in [-0.15, -0.1) is 0 Å². The highest BCUT2D eigenvalue weighted by Crippen LogP contribution is 2.24. The van der Waals surface area contributed by atoms with Crippen LogP contribution in [0.3, 0.4) is 0 Å². The molecule has 4 nitrogen and oxygen atoms in total. The fourth-order valence-corrected chi connectivity index (χ4v) is 4.36. The number of ketones is 1. The Hall–Kier alpha value is -1.27. The lowest BCUT2D eigenvalue weighted by Gasteiger charge is -2.30. The van der Waals surface area contributed by atoms with Crippen molar-refractivity contribution in [2.75, 3.05) is 18.8 Å². The summed E-state index contributed by atoms with van der Waals surface area (Å²) < 4.78 is 38.8. The van der Waals surface area contributed by atoms with Crippen LogP contribution in [0.15, 0.2) is 18.2 Å². The molecule has 0 bridgehead atoms. The third-order valence-corrected chi connectivity index (χ3v) is 6.20. The number of nitrogens with zero attached hydrogens (tertiary/aromatic N) is 1. The minimum atomic E-state index is -3.19. The van der Waals surface area contributed by atoms with E-state index in [1.54, 1.807) is 13.0 Å². The van der Waals surface area contributed by atoms with E-state index in [1.807, 2.05) is 6.92 Å². The third kappa shape index (κ3) is 3.73. The molecule has 0 spiro atoms. The van der Waals surface area contributed by atoms with Crippen molar-refractivity contribution in [2.24, 2.45) is 5.92 Å². The van der Waals surface area contributed by atoms with Gasteiger partial charge in [0.15, 0.2) is 5.78 Å². The van der Waals surface area contributed by atoms with Crippen LogP contribution in [0.5, 0.6) is 0 Å². The van der Waals surface area contributed by atoms with Gasteiger partial charge < -0.3 is 0 Å². The van der Waals surface area contributed by atoms with Gasteiger partial charge in [-0.3, -0.25) is 4.79 Å². The van der Waals surface area contributed by atoms with Crippen molar-refractivity contribution in [3.63, 3.8) is 0 Å². The maximum Gasteiger partial charge on any atom is 0.214 e. The van der Waals surface area contributed by atoms with Crippen molar-refractivity contribution >= 4 is 15.8 Å². The van der Waals surface area contributed by atoms with Crippen LogP contribution in [0.1, 0.15) is 42.1 Å². The van der Waals surface area contributed by atoms with Crippen LogP contribution < -0.4 is 0 Å². The number of aryl methyl sites for hydroxylation is 1. The second-order valence-electron chi connectivity index (χ2n) is 5.82. The van der Waals surface area contributed by atoms with Crippen molar-refractivity contribution in [2.45, 2.75) is 33.1 Å². The van der Waals surface area contributed by atoms with E-state index in [0.29, 0.717) is 43.5 Å². The van der Waals surface area contributed by atoms with Gasteiger partial charge in [0.05, 0.1) is 5.75 Å². The lowest BCUT2D eigenvalue weighted by molar-refractivity contribution is 0.0875. The summed E-state index contributed by atoms with van der Waals surface area (Å²) in [6.45, 7) is 4.24. The molecule has 0 aromatic heterocycles. The van der Waals surface area contributed by atoms with Crippen molar-refractivity contribution in [3.05, 3.63) is 35.1 Å². The number of hydrogen-bond donors (Lipinski definition) is 0. The molecule has 1 aliphatic rings. The van der Waals surface area contributed by atoms with E-state index in [1.165, 1.54) is 16.4 Å². The number of rotatable bonds is 5. The van der Waals surface area contributed by atoms with E-state index in [0.717, 1.165) is 0 Å². The summed E-state index contributed by atoms with van der Waals surface area (Å²) in [4.78, 5) is 12.5. The van der Waals surface area contributed by atoms with Gasteiger partial charge >= 0.3 is 0 Å². The van der Waals surface area contributed by atoms with Crippen LogP contribution in [0, 0.1) is 18.7 Å². The van der Waals surface area contributed by atoms with Crippen molar-refractivity contribution in [1.29, 1.82) is 0 Å². The first-order chi connectivity index (χ1) is 10.3. The fraction of sp³-hybridized carbons (Fsp3) is 0.562. The zero-order chi connectivity index (χ0) is 16.3. The summed E-state index contributed by atoms with van der Waals surface area (Å²) in [7, 11) is -3.19. The molecule has 0 N–H and O–H groups in total. The van der Waals surface area contributed by atoms with E-state index in [4.69, 9.17) is 0 Å². The second-order valence-corrected chi connectivity index (χ2v) is 7.91. The molecule has 122 valence electrons. The molecule has 1 saturated heterocycles. The Kier molecular flexibility index (Phi) is 5.34. The van der Waals surface area contributed by atoms with Crippen LogP contribution in [-0.2, 0) is 10.0 Å². The summed E-state index contributed by atoms with van der Waals surface area (Å²) in [5.41, 5.74) is 0.961. The van der Waals surface area contributed by atoms with Crippen molar-refractivity contribution in [1.82, 2.24) is 4.31 Å². The molecule has 22 heavy (non-hydrogen) atoms. The van der Waals surface area contributed by atoms with Gasteiger partial charge in [0.25, 0.3) is 0 Å². The summed E-state index contributed by atoms with van der Waals surface area (Å²) in [6.07, 6.45) is 1.65. The topological polar surface area (TPSA) is 54.5 Å². The second kappa shape index (κ2) is 6.87. The third-order valence-electron chi connectivity index (χ3n) is 4.12. The predicted octanol–water partition coefficient (Wildman–Crippen LogP) is 2.77. The average molecular weight is 327 g/mol. The summed E-state index contributed by atoms with van der Waals surface area (Å²) in [5.74, 6) is -0.367.